The molecular formula is C25H26F5N3O4S. The van der Waals surface area contributed by atoms with E-state index in [1.54, 1.807) is 12.3 Å². The molecule has 2 aromatic carbocycles. The first kappa shape index (κ1) is 28.0. The minimum absolute atomic E-state index is 0.0383. The monoisotopic (exact) mass is 559 g/mol. The summed E-state index contributed by atoms with van der Waals surface area (Å²) in [6, 6.07) is 13.1. The van der Waals surface area contributed by atoms with Gasteiger partial charge in [-0.2, -0.15) is 22.0 Å². The number of ether oxygens (including phenoxy) is 1. The fraction of sp³-hybridized carbons (Fsp3) is 0.400. The van der Waals surface area contributed by atoms with Crippen LogP contribution in [0.1, 0.15) is 34.7 Å². The topological polar surface area (TPSA) is 105 Å². The van der Waals surface area contributed by atoms with Crippen LogP contribution >= 0.6 is 0 Å². The van der Waals surface area contributed by atoms with Crippen molar-refractivity contribution in [3.8, 4) is 11.1 Å². The lowest BCUT2D eigenvalue weighted by atomic mass is 9.88. The molecule has 1 fully saturated rings. The molecule has 2 heterocycles. The van der Waals surface area contributed by atoms with Crippen molar-refractivity contribution in [2.75, 3.05) is 32.1 Å². The highest BCUT2D eigenvalue weighted by molar-refractivity contribution is 7.89. The van der Waals surface area contributed by atoms with Crippen molar-refractivity contribution in [3.05, 3.63) is 59.8 Å². The quantitative estimate of drug-likeness (QED) is 0.294. The molecule has 0 spiro atoms. The molecule has 4 rings (SSSR count). The van der Waals surface area contributed by atoms with E-state index in [-0.39, 0.29) is 19.0 Å². The normalized spacial score (nSPS) is 16.2. The predicted molar refractivity (Wildman–Crippen MR) is 131 cm³/mol. The average Bonchev–Trinajstić information content (AvgIpc) is 3.30. The first-order chi connectivity index (χ1) is 17.8. The second kappa shape index (κ2) is 10.6. The van der Waals surface area contributed by atoms with E-state index in [1.807, 2.05) is 36.4 Å². The molecule has 1 saturated heterocycles. The summed E-state index contributed by atoms with van der Waals surface area (Å²) in [6.07, 6.45) is -3.09. The third-order valence-electron chi connectivity index (χ3n) is 6.66. The average molecular weight is 560 g/mol. The number of fused-ring (bicyclic) bond motifs is 1. The van der Waals surface area contributed by atoms with Gasteiger partial charge >= 0.3 is 12.1 Å². The number of H-pyrrole nitrogens is 1. The molecule has 1 aliphatic heterocycles. The van der Waals surface area contributed by atoms with E-state index in [4.69, 9.17) is 5.73 Å². The van der Waals surface area contributed by atoms with Gasteiger partial charge in [0.05, 0.1) is 23.4 Å². The number of amides is 1. The number of carbonyl (C=O) groups excluding carboxylic acids is 1. The molecule has 0 radical (unpaired) electrons. The molecule has 0 aliphatic carbocycles. The van der Waals surface area contributed by atoms with E-state index in [1.165, 1.54) is 4.31 Å². The Hall–Kier alpha value is -3.03. The Bertz CT molecular complexity index is 1400. The highest BCUT2D eigenvalue weighted by Crippen LogP contribution is 2.38. The second-order valence-corrected chi connectivity index (χ2v) is 11.3. The predicted octanol–water partition coefficient (Wildman–Crippen LogP) is 4.66. The molecule has 13 heteroatoms. The summed E-state index contributed by atoms with van der Waals surface area (Å²) in [6.45, 7) is -2.44. The van der Waals surface area contributed by atoms with E-state index in [2.05, 4.69) is 9.72 Å². The van der Waals surface area contributed by atoms with Crippen LogP contribution < -0.4 is 5.73 Å². The van der Waals surface area contributed by atoms with Gasteiger partial charge in [-0.25, -0.2) is 12.7 Å². The fourth-order valence-electron chi connectivity index (χ4n) is 4.60. The lowest BCUT2D eigenvalue weighted by Crippen LogP contribution is -2.42. The molecule has 0 atom stereocenters. The molecule has 3 N–H and O–H groups in total. The second-order valence-electron chi connectivity index (χ2n) is 9.16. The lowest BCUT2D eigenvalue weighted by Gasteiger charge is -2.31. The highest BCUT2D eigenvalue weighted by Gasteiger charge is 2.57. The number of sulfonamides is 1. The van der Waals surface area contributed by atoms with Gasteiger partial charge < -0.3 is 15.5 Å². The Morgan fingerprint density at radius 3 is 2.32 bits per heavy atom. The van der Waals surface area contributed by atoms with Crippen molar-refractivity contribution >= 4 is 26.8 Å². The maximum atomic E-state index is 12.9. The number of carbonyl (C=O) groups is 1. The zero-order valence-electron chi connectivity index (χ0n) is 20.1. The summed E-state index contributed by atoms with van der Waals surface area (Å²) in [5.74, 6) is -6.38. The van der Waals surface area contributed by atoms with Crippen LogP contribution in [0.5, 0.6) is 0 Å². The highest BCUT2D eigenvalue weighted by atomic mass is 32.2. The van der Waals surface area contributed by atoms with Crippen LogP contribution in [0.3, 0.4) is 0 Å². The van der Waals surface area contributed by atoms with Crippen molar-refractivity contribution in [3.63, 3.8) is 0 Å². The maximum absolute atomic E-state index is 12.9. The molecule has 206 valence electrons. The zero-order chi connectivity index (χ0) is 27.7. The summed E-state index contributed by atoms with van der Waals surface area (Å²) in [5, 5.41) is 0.806. The summed E-state index contributed by atoms with van der Waals surface area (Å²) in [5.41, 5.74) is 9.19. The Morgan fingerprint density at radius 1 is 1.05 bits per heavy atom. The molecule has 38 heavy (non-hydrogen) atoms. The van der Waals surface area contributed by atoms with Gasteiger partial charge in [0.25, 0.3) is 5.91 Å². The number of benzene rings is 2. The molecule has 0 saturated carbocycles. The van der Waals surface area contributed by atoms with Gasteiger partial charge in [0.15, 0.2) is 0 Å². The summed E-state index contributed by atoms with van der Waals surface area (Å²) in [7, 11) is -3.92. The number of aromatic amines is 1. The number of piperidine rings is 1. The number of hydrogen-bond donors (Lipinski definition) is 2. The number of halogens is 5. The number of nitrogens with zero attached hydrogens (tertiary/aromatic N) is 1. The Labute approximate surface area is 215 Å². The van der Waals surface area contributed by atoms with Gasteiger partial charge in [0, 0.05) is 24.7 Å². The zero-order valence-corrected chi connectivity index (χ0v) is 20.9. The first-order valence-corrected chi connectivity index (χ1v) is 13.4. The molecule has 1 aromatic heterocycles. The van der Waals surface area contributed by atoms with Gasteiger partial charge in [-0.05, 0) is 47.6 Å². The van der Waals surface area contributed by atoms with Gasteiger partial charge in [0.1, 0.15) is 6.61 Å². The molecule has 0 unspecified atom stereocenters. The maximum Gasteiger partial charge on any atom is 0.455 e. The van der Waals surface area contributed by atoms with Gasteiger partial charge in [-0.3, -0.25) is 4.79 Å². The number of aromatic nitrogens is 1. The fourth-order valence-corrected chi connectivity index (χ4v) is 5.96. The third kappa shape index (κ3) is 5.84. The van der Waals surface area contributed by atoms with Gasteiger partial charge in [0.2, 0.25) is 10.0 Å². The van der Waals surface area contributed by atoms with Crippen molar-refractivity contribution in [2.24, 2.45) is 5.73 Å². The summed E-state index contributed by atoms with van der Waals surface area (Å²) >= 11 is 0. The van der Waals surface area contributed by atoms with E-state index < -0.39 is 47.0 Å². The molecular weight excluding hydrogens is 533 g/mol. The van der Waals surface area contributed by atoms with Crippen LogP contribution in [0.4, 0.5) is 22.0 Å². The first-order valence-electron chi connectivity index (χ1n) is 11.8. The third-order valence-corrected chi connectivity index (χ3v) is 8.50. The molecule has 1 aliphatic rings. The number of nitrogens with one attached hydrogen (secondary N) is 1. The van der Waals surface area contributed by atoms with Gasteiger partial charge in [-0.1, -0.05) is 30.3 Å². The van der Waals surface area contributed by atoms with Crippen molar-refractivity contribution in [1.29, 1.82) is 0 Å². The van der Waals surface area contributed by atoms with Crippen LogP contribution in [0.2, 0.25) is 0 Å². The van der Waals surface area contributed by atoms with Crippen LogP contribution in [0, 0.1) is 0 Å². The molecule has 3 aromatic rings. The van der Waals surface area contributed by atoms with Crippen molar-refractivity contribution in [1.82, 2.24) is 9.29 Å². The number of nitrogens with two attached hydrogens (primary N) is 1. The minimum atomic E-state index is -5.77. The van der Waals surface area contributed by atoms with Gasteiger partial charge in [-0.15, -0.1) is 0 Å². The van der Waals surface area contributed by atoms with Crippen LogP contribution in [0.25, 0.3) is 22.0 Å². The summed E-state index contributed by atoms with van der Waals surface area (Å²) in [4.78, 5) is 15.3. The number of primary amides is 1. The Balaban J connectivity index is 1.44. The van der Waals surface area contributed by atoms with Crippen molar-refractivity contribution in [2.45, 2.75) is 30.9 Å². The SMILES string of the molecule is NC(=O)c1cc(-c2ccccc2)cc2c(C3CCN(S(=O)(=O)CCOCC(F)(F)C(F)(F)F)CC3)c[nH]c12. The van der Waals surface area contributed by atoms with Crippen LogP contribution in [-0.2, 0) is 14.8 Å². The van der Waals surface area contributed by atoms with Crippen LogP contribution in [0.15, 0.2) is 48.7 Å². The Morgan fingerprint density at radius 2 is 1.71 bits per heavy atom. The van der Waals surface area contributed by atoms with Crippen LogP contribution in [-0.4, -0.2) is 67.8 Å². The van der Waals surface area contributed by atoms with E-state index in [9.17, 15) is 35.2 Å². The van der Waals surface area contributed by atoms with Crippen molar-refractivity contribution < 1.29 is 39.9 Å². The number of alkyl halides is 5. The van der Waals surface area contributed by atoms with E-state index >= 15 is 0 Å². The lowest BCUT2D eigenvalue weighted by molar-refractivity contribution is -0.296. The number of hydrogen-bond acceptors (Lipinski definition) is 4. The summed E-state index contributed by atoms with van der Waals surface area (Å²) < 4.78 is 93.3. The standard InChI is InChI=1S/C25H26F5N3O4S/c26-24(27,25(28,29)30)15-37-10-11-38(35,36)33-8-6-17(7-9-33)21-14-32-22-19(21)12-18(13-20(22)23(31)34)16-4-2-1-3-5-16/h1-5,12-14,17,32H,6-11,15H2,(H2,31,34). The molecule has 0 bridgehead atoms. The number of rotatable bonds is 9. The van der Waals surface area contributed by atoms with E-state index in [0.717, 1.165) is 22.1 Å². The largest absolute Gasteiger partial charge is 0.455 e. The minimum Gasteiger partial charge on any atom is -0.374 e. The molecule has 7 nitrogen and oxygen atoms in total. The molecule has 1 amide bonds. The Kier molecular flexibility index (Phi) is 7.82. The van der Waals surface area contributed by atoms with E-state index in [0.29, 0.717) is 23.9 Å². The smallest absolute Gasteiger partial charge is 0.374 e.